The van der Waals surface area contributed by atoms with Crippen LogP contribution in [0.4, 0.5) is 9.59 Å². The Morgan fingerprint density at radius 3 is 2.58 bits per heavy atom. The van der Waals surface area contributed by atoms with Crippen LogP contribution >= 0.6 is 0 Å². The minimum absolute atomic E-state index is 0.0864. The Bertz CT molecular complexity index is 929. The van der Waals surface area contributed by atoms with Gasteiger partial charge in [0.1, 0.15) is 18.3 Å². The van der Waals surface area contributed by atoms with Gasteiger partial charge in [0.2, 0.25) is 0 Å². The molecule has 9 atom stereocenters. The number of carbonyl (C=O) groups is 3. The van der Waals surface area contributed by atoms with Crippen LogP contribution in [0.5, 0.6) is 0 Å². The summed E-state index contributed by atoms with van der Waals surface area (Å²) in [5.41, 5.74) is -0.108. The maximum absolute atomic E-state index is 14.3. The molecule has 0 aromatic carbocycles. The number of hydrogen-bond acceptors (Lipinski definition) is 8. The largest absolute Gasteiger partial charge is 0.509 e. The number of carbonyl (C=O) groups excluding carboxylic acids is 3. The van der Waals surface area contributed by atoms with Crippen molar-refractivity contribution in [3.8, 4) is 0 Å². The van der Waals surface area contributed by atoms with Crippen molar-refractivity contribution in [2.24, 2.45) is 23.2 Å². The third-order valence-electron chi connectivity index (χ3n) is 9.06. The van der Waals surface area contributed by atoms with Gasteiger partial charge in [0.25, 0.3) is 0 Å². The lowest BCUT2D eigenvalue weighted by atomic mass is 9.49. The fraction of sp³-hybridized carbons (Fsp3) is 0.792. The number of nitrogens with zero attached hydrogens (tertiary/aromatic N) is 1. The second kappa shape index (κ2) is 7.43. The van der Waals surface area contributed by atoms with E-state index >= 15 is 0 Å². The zero-order chi connectivity index (χ0) is 23.9. The average molecular weight is 464 g/mol. The molecule has 2 saturated carbocycles. The standard InChI is InChI=1S/C24H33NO8/c1-11-7-17-24(33-22(28)32-17)9-14-13-10-30-15(13)8-16(31-21(27)25(4)5)23(14,3)20(26)19(29-6)18(11)12(24)2/h12-17,19H,7-10H2,1-6H3. The summed E-state index contributed by atoms with van der Waals surface area (Å²) >= 11 is 0. The maximum Gasteiger partial charge on any atom is 0.509 e. The first-order chi connectivity index (χ1) is 15.5. The summed E-state index contributed by atoms with van der Waals surface area (Å²) < 4.78 is 29.3. The lowest BCUT2D eigenvalue weighted by Gasteiger charge is -2.60. The van der Waals surface area contributed by atoms with Gasteiger partial charge in [0.15, 0.2) is 11.4 Å². The van der Waals surface area contributed by atoms with Gasteiger partial charge in [-0.05, 0) is 31.8 Å². The number of rotatable bonds is 2. The number of hydrogen-bond donors (Lipinski definition) is 0. The first-order valence-electron chi connectivity index (χ1n) is 11.7. The monoisotopic (exact) mass is 463 g/mol. The van der Waals surface area contributed by atoms with E-state index < -0.39 is 41.6 Å². The third-order valence-corrected chi connectivity index (χ3v) is 9.06. The number of ether oxygens (including phenoxy) is 5. The molecule has 0 aromatic heterocycles. The summed E-state index contributed by atoms with van der Waals surface area (Å²) in [6.07, 6.45) is -1.82. The Kier molecular flexibility index (Phi) is 5.10. The molecular weight excluding hydrogens is 430 g/mol. The number of fused-ring (bicyclic) bond motifs is 4. The number of methoxy groups -OCH3 is 1. The molecule has 4 fully saturated rings. The molecule has 3 aliphatic carbocycles. The molecule has 2 bridgehead atoms. The molecule has 1 spiro atoms. The summed E-state index contributed by atoms with van der Waals surface area (Å²) in [5, 5.41) is 0. The Morgan fingerprint density at radius 1 is 1.24 bits per heavy atom. The van der Waals surface area contributed by atoms with E-state index in [-0.39, 0.29) is 29.6 Å². The highest BCUT2D eigenvalue weighted by atomic mass is 16.8. The molecular formula is C24H33NO8. The van der Waals surface area contributed by atoms with Gasteiger partial charge in [0.05, 0.1) is 18.1 Å². The van der Waals surface area contributed by atoms with E-state index in [1.165, 1.54) is 12.0 Å². The zero-order valence-electron chi connectivity index (χ0n) is 20.1. The van der Waals surface area contributed by atoms with Crippen molar-refractivity contribution in [1.82, 2.24) is 4.90 Å². The van der Waals surface area contributed by atoms with Gasteiger partial charge in [-0.3, -0.25) is 4.79 Å². The van der Waals surface area contributed by atoms with E-state index in [4.69, 9.17) is 23.7 Å². The van der Waals surface area contributed by atoms with Gasteiger partial charge >= 0.3 is 12.2 Å². The summed E-state index contributed by atoms with van der Waals surface area (Å²) in [6, 6.07) is 0. The number of Topliss-reactive ketones (excluding diaryl/α,β-unsaturated/α-hetero) is 1. The predicted octanol–water partition coefficient (Wildman–Crippen LogP) is 2.71. The molecule has 2 saturated heterocycles. The number of ketones is 1. The van der Waals surface area contributed by atoms with Crippen LogP contribution in [0.2, 0.25) is 0 Å². The van der Waals surface area contributed by atoms with Gasteiger partial charge in [-0.1, -0.05) is 12.5 Å². The predicted molar refractivity (Wildman–Crippen MR) is 114 cm³/mol. The molecule has 0 aromatic rings. The average Bonchev–Trinajstić information content (AvgIpc) is 3.05. The Balaban J connectivity index is 1.67. The molecule has 9 heteroatoms. The highest BCUT2D eigenvalue weighted by Gasteiger charge is 2.69. The third kappa shape index (κ3) is 2.94. The van der Waals surface area contributed by atoms with Crippen molar-refractivity contribution < 1.29 is 38.1 Å². The summed E-state index contributed by atoms with van der Waals surface area (Å²) in [5.74, 6) is -0.461. The van der Waals surface area contributed by atoms with Gasteiger partial charge in [0, 0.05) is 45.9 Å². The Labute approximate surface area is 193 Å². The molecule has 5 rings (SSSR count). The molecule has 2 aliphatic heterocycles. The molecule has 182 valence electrons. The van der Waals surface area contributed by atoms with Gasteiger partial charge in [-0.15, -0.1) is 0 Å². The lowest BCUT2D eigenvalue weighted by Crippen LogP contribution is -2.69. The van der Waals surface area contributed by atoms with Crippen LogP contribution in [0.25, 0.3) is 0 Å². The lowest BCUT2D eigenvalue weighted by molar-refractivity contribution is -0.237. The van der Waals surface area contributed by atoms with Crippen LogP contribution in [0, 0.1) is 23.2 Å². The van der Waals surface area contributed by atoms with E-state index in [1.807, 2.05) is 20.8 Å². The van der Waals surface area contributed by atoms with Crippen molar-refractivity contribution in [3.63, 3.8) is 0 Å². The SMILES string of the molecule is COC1C(=O)C2(C)C(OC(=O)N(C)C)CC3OCC3C2CC23OC(=O)OC2CC(C)=C1C3C. The van der Waals surface area contributed by atoms with Crippen LogP contribution in [0.1, 0.15) is 40.0 Å². The van der Waals surface area contributed by atoms with E-state index in [1.54, 1.807) is 14.1 Å². The van der Waals surface area contributed by atoms with E-state index in [0.717, 1.165) is 11.1 Å². The highest BCUT2D eigenvalue weighted by molar-refractivity contribution is 5.93. The molecule has 33 heavy (non-hydrogen) atoms. The fourth-order valence-corrected chi connectivity index (χ4v) is 7.08. The fourth-order valence-electron chi connectivity index (χ4n) is 7.08. The van der Waals surface area contributed by atoms with Gasteiger partial charge in [-0.25, -0.2) is 9.59 Å². The maximum atomic E-state index is 14.3. The van der Waals surface area contributed by atoms with E-state index in [9.17, 15) is 14.4 Å². The van der Waals surface area contributed by atoms with Crippen molar-refractivity contribution >= 4 is 18.0 Å². The van der Waals surface area contributed by atoms with Crippen molar-refractivity contribution in [2.45, 2.75) is 70.1 Å². The molecule has 9 nitrogen and oxygen atoms in total. The van der Waals surface area contributed by atoms with Crippen LogP contribution in [0.15, 0.2) is 11.1 Å². The van der Waals surface area contributed by atoms with Gasteiger partial charge < -0.3 is 28.6 Å². The minimum atomic E-state index is -1.03. The minimum Gasteiger partial charge on any atom is -0.445 e. The highest BCUT2D eigenvalue weighted by Crippen LogP contribution is 2.61. The van der Waals surface area contributed by atoms with Crippen molar-refractivity contribution in [2.75, 3.05) is 27.8 Å². The zero-order valence-corrected chi connectivity index (χ0v) is 20.1. The summed E-state index contributed by atoms with van der Waals surface area (Å²) in [6.45, 7) is 6.37. The summed E-state index contributed by atoms with van der Waals surface area (Å²) in [7, 11) is 4.76. The second-order valence-electron chi connectivity index (χ2n) is 10.7. The quantitative estimate of drug-likeness (QED) is 0.455. The first-order valence-corrected chi connectivity index (χ1v) is 11.7. The summed E-state index contributed by atoms with van der Waals surface area (Å²) in [4.78, 5) is 40.7. The number of amides is 1. The molecule has 5 aliphatic rings. The van der Waals surface area contributed by atoms with Crippen LogP contribution < -0.4 is 0 Å². The van der Waals surface area contributed by atoms with E-state index in [0.29, 0.717) is 25.9 Å². The Morgan fingerprint density at radius 2 is 1.97 bits per heavy atom. The van der Waals surface area contributed by atoms with Crippen molar-refractivity contribution in [3.05, 3.63) is 11.1 Å². The molecule has 0 N–H and O–H groups in total. The molecule has 0 radical (unpaired) electrons. The van der Waals surface area contributed by atoms with Crippen molar-refractivity contribution in [1.29, 1.82) is 0 Å². The molecule has 9 unspecified atom stereocenters. The molecule has 2 heterocycles. The normalized spacial score (nSPS) is 45.9. The Hall–Kier alpha value is -2.13. The van der Waals surface area contributed by atoms with Crippen LogP contribution in [0.3, 0.4) is 0 Å². The van der Waals surface area contributed by atoms with Crippen LogP contribution in [-0.2, 0) is 28.5 Å². The van der Waals surface area contributed by atoms with E-state index in [2.05, 4.69) is 0 Å². The van der Waals surface area contributed by atoms with Gasteiger partial charge in [-0.2, -0.15) is 0 Å². The second-order valence-corrected chi connectivity index (χ2v) is 10.7. The topological polar surface area (TPSA) is 101 Å². The smallest absolute Gasteiger partial charge is 0.445 e. The van der Waals surface area contributed by atoms with Crippen LogP contribution in [-0.4, -0.2) is 80.8 Å². The molecule has 1 amide bonds. The first kappa shape index (κ1) is 22.7.